The largest absolute Gasteiger partial charge is 0.476 e. The molecule has 0 saturated carbocycles. The van der Waals surface area contributed by atoms with Crippen LogP contribution in [-0.4, -0.2) is 16.1 Å². The van der Waals surface area contributed by atoms with Gasteiger partial charge in [-0.3, -0.25) is 0 Å². The molecule has 4 nitrogen and oxygen atoms in total. The number of nitrogens with one attached hydrogen (secondary N) is 1. The molecule has 2 N–H and O–H groups in total. The van der Waals surface area contributed by atoms with Gasteiger partial charge in [-0.25, -0.2) is 9.78 Å². The van der Waals surface area contributed by atoms with Crippen LogP contribution in [0.3, 0.4) is 0 Å². The van der Waals surface area contributed by atoms with E-state index in [0.29, 0.717) is 11.7 Å². The smallest absolute Gasteiger partial charge is 0.355 e. The van der Waals surface area contributed by atoms with Gasteiger partial charge in [-0.2, -0.15) is 0 Å². The van der Waals surface area contributed by atoms with Crippen molar-refractivity contribution in [2.24, 2.45) is 0 Å². The molecule has 0 fully saturated rings. The predicted molar refractivity (Wildman–Crippen MR) is 74.9 cm³/mol. The summed E-state index contributed by atoms with van der Waals surface area (Å²) in [6.45, 7) is 6.64. The standard InChI is InChI=1S/C12H14N2O2S2/c1-6-4-9(17-7(6)2)5-13-12-14-10(11(15)16)8(3)18-12/h4H,5H2,1-3H3,(H,13,14)(H,15,16). The average Bonchev–Trinajstić information content (AvgIpc) is 2.80. The molecule has 0 bridgehead atoms. The number of thiazole rings is 1. The van der Waals surface area contributed by atoms with Crippen LogP contribution in [0.1, 0.15) is 30.7 Å². The third kappa shape index (κ3) is 2.70. The Morgan fingerprint density at radius 1 is 1.33 bits per heavy atom. The first-order chi connectivity index (χ1) is 8.47. The summed E-state index contributed by atoms with van der Waals surface area (Å²) in [6.07, 6.45) is 0. The van der Waals surface area contributed by atoms with Gasteiger partial charge in [0.2, 0.25) is 0 Å². The number of carboxylic acids is 1. The topological polar surface area (TPSA) is 62.2 Å². The Labute approximate surface area is 113 Å². The highest BCUT2D eigenvalue weighted by atomic mass is 32.1. The van der Waals surface area contributed by atoms with Crippen molar-refractivity contribution in [3.63, 3.8) is 0 Å². The zero-order valence-corrected chi connectivity index (χ0v) is 12.0. The molecule has 0 unspecified atom stereocenters. The maximum atomic E-state index is 10.9. The summed E-state index contributed by atoms with van der Waals surface area (Å²) in [6, 6.07) is 2.14. The second-order valence-electron chi connectivity index (χ2n) is 4.03. The zero-order valence-electron chi connectivity index (χ0n) is 10.4. The van der Waals surface area contributed by atoms with E-state index in [-0.39, 0.29) is 5.69 Å². The normalized spacial score (nSPS) is 10.6. The van der Waals surface area contributed by atoms with Crippen LogP contribution in [-0.2, 0) is 6.54 Å². The minimum atomic E-state index is -0.973. The van der Waals surface area contributed by atoms with Crippen LogP contribution in [0, 0.1) is 20.8 Å². The molecule has 6 heteroatoms. The van der Waals surface area contributed by atoms with Crippen molar-refractivity contribution in [2.45, 2.75) is 27.3 Å². The second kappa shape index (κ2) is 5.07. The van der Waals surface area contributed by atoms with E-state index in [9.17, 15) is 4.79 Å². The van der Waals surface area contributed by atoms with Crippen molar-refractivity contribution in [2.75, 3.05) is 5.32 Å². The van der Waals surface area contributed by atoms with E-state index >= 15 is 0 Å². The van der Waals surface area contributed by atoms with Crippen molar-refractivity contribution < 1.29 is 9.90 Å². The van der Waals surface area contributed by atoms with Gasteiger partial charge in [-0.15, -0.1) is 22.7 Å². The summed E-state index contributed by atoms with van der Waals surface area (Å²) in [5, 5.41) is 12.8. The SMILES string of the molecule is Cc1cc(CNc2nc(C(=O)O)c(C)s2)sc1C. The second-order valence-corrected chi connectivity index (χ2v) is 6.58. The van der Waals surface area contributed by atoms with Gasteiger partial charge in [0.1, 0.15) is 0 Å². The van der Waals surface area contributed by atoms with Crippen molar-refractivity contribution in [3.05, 3.63) is 32.0 Å². The van der Waals surface area contributed by atoms with Crippen molar-refractivity contribution >= 4 is 33.8 Å². The summed E-state index contributed by atoms with van der Waals surface area (Å²) < 4.78 is 0. The molecule has 0 aliphatic rings. The van der Waals surface area contributed by atoms with E-state index in [1.807, 2.05) is 0 Å². The van der Waals surface area contributed by atoms with E-state index < -0.39 is 5.97 Å². The molecule has 0 aromatic carbocycles. The fourth-order valence-corrected chi connectivity index (χ4v) is 3.36. The number of hydrogen-bond acceptors (Lipinski definition) is 5. The zero-order chi connectivity index (χ0) is 13.3. The molecular formula is C12H14N2O2S2. The van der Waals surface area contributed by atoms with Gasteiger partial charge >= 0.3 is 5.97 Å². The minimum Gasteiger partial charge on any atom is -0.476 e. The number of rotatable bonds is 4. The number of aryl methyl sites for hydroxylation is 3. The fraction of sp³-hybridized carbons (Fsp3) is 0.333. The van der Waals surface area contributed by atoms with Crippen molar-refractivity contribution in [1.82, 2.24) is 4.98 Å². The van der Waals surface area contributed by atoms with Crippen LogP contribution in [0.2, 0.25) is 0 Å². The molecule has 2 aromatic heterocycles. The quantitative estimate of drug-likeness (QED) is 0.901. The third-order valence-electron chi connectivity index (χ3n) is 2.63. The summed E-state index contributed by atoms with van der Waals surface area (Å²) >= 11 is 3.12. The molecule has 0 aliphatic carbocycles. The molecule has 18 heavy (non-hydrogen) atoms. The van der Waals surface area contributed by atoms with Gasteiger partial charge in [0, 0.05) is 14.6 Å². The molecule has 0 radical (unpaired) electrons. The van der Waals surface area contributed by atoms with Crippen LogP contribution in [0.15, 0.2) is 6.07 Å². The molecule has 96 valence electrons. The van der Waals surface area contributed by atoms with Gasteiger partial charge < -0.3 is 10.4 Å². The summed E-state index contributed by atoms with van der Waals surface area (Å²) in [4.78, 5) is 18.2. The molecule has 0 amide bonds. The Morgan fingerprint density at radius 2 is 2.06 bits per heavy atom. The number of aromatic carboxylic acids is 1. The number of nitrogens with zero attached hydrogens (tertiary/aromatic N) is 1. The van der Waals surface area contributed by atoms with E-state index in [1.54, 1.807) is 18.3 Å². The maximum Gasteiger partial charge on any atom is 0.355 e. The van der Waals surface area contributed by atoms with E-state index in [4.69, 9.17) is 5.11 Å². The Morgan fingerprint density at radius 3 is 2.56 bits per heavy atom. The Hall–Kier alpha value is -1.40. The van der Waals surface area contributed by atoms with Crippen LogP contribution in [0.5, 0.6) is 0 Å². The summed E-state index contributed by atoms with van der Waals surface area (Å²) in [7, 11) is 0. The van der Waals surface area contributed by atoms with Crippen LogP contribution in [0.4, 0.5) is 5.13 Å². The molecule has 0 spiro atoms. The lowest BCUT2D eigenvalue weighted by molar-refractivity contribution is 0.0690. The number of carboxylic acid groups (broad SMARTS) is 1. The molecule has 0 aliphatic heterocycles. The Bertz CT molecular complexity index is 567. The molecule has 0 atom stereocenters. The van der Waals surface area contributed by atoms with Gasteiger partial charge in [-0.1, -0.05) is 0 Å². The third-order valence-corrected chi connectivity index (χ3v) is 4.71. The molecule has 2 heterocycles. The first kappa shape index (κ1) is 13.0. The monoisotopic (exact) mass is 282 g/mol. The fourth-order valence-electron chi connectivity index (χ4n) is 1.57. The van der Waals surface area contributed by atoms with Gasteiger partial charge in [0.05, 0.1) is 6.54 Å². The predicted octanol–water partition coefficient (Wildman–Crippen LogP) is 3.44. The summed E-state index contributed by atoms with van der Waals surface area (Å²) in [5.41, 5.74) is 1.43. The molecule has 2 aromatic rings. The molecular weight excluding hydrogens is 268 g/mol. The van der Waals surface area contributed by atoms with Gasteiger partial charge in [0.15, 0.2) is 10.8 Å². The highest BCUT2D eigenvalue weighted by Gasteiger charge is 2.13. The lowest BCUT2D eigenvalue weighted by Crippen LogP contribution is -2.00. The number of thiophene rings is 1. The van der Waals surface area contributed by atoms with Gasteiger partial charge in [0.25, 0.3) is 0 Å². The number of aromatic nitrogens is 1. The van der Waals surface area contributed by atoms with Crippen LogP contribution < -0.4 is 5.32 Å². The lowest BCUT2D eigenvalue weighted by atomic mass is 10.3. The van der Waals surface area contributed by atoms with Crippen LogP contribution >= 0.6 is 22.7 Å². The van der Waals surface area contributed by atoms with Crippen molar-refractivity contribution in [3.8, 4) is 0 Å². The highest BCUT2D eigenvalue weighted by Crippen LogP contribution is 2.25. The number of hydrogen-bond donors (Lipinski definition) is 2. The number of carbonyl (C=O) groups is 1. The maximum absolute atomic E-state index is 10.9. The average molecular weight is 282 g/mol. The highest BCUT2D eigenvalue weighted by molar-refractivity contribution is 7.15. The van der Waals surface area contributed by atoms with Crippen LogP contribution in [0.25, 0.3) is 0 Å². The lowest BCUT2D eigenvalue weighted by Gasteiger charge is -1.98. The Balaban J connectivity index is 2.06. The van der Waals surface area contributed by atoms with E-state index in [1.165, 1.54) is 26.7 Å². The number of anilines is 1. The van der Waals surface area contributed by atoms with Crippen molar-refractivity contribution in [1.29, 1.82) is 0 Å². The first-order valence-electron chi connectivity index (χ1n) is 5.48. The van der Waals surface area contributed by atoms with E-state index in [0.717, 1.165) is 4.88 Å². The molecule has 2 rings (SSSR count). The van der Waals surface area contributed by atoms with E-state index in [2.05, 4.69) is 30.2 Å². The summed E-state index contributed by atoms with van der Waals surface area (Å²) in [5.74, 6) is -0.973. The molecule has 0 saturated heterocycles. The Kier molecular flexibility index (Phi) is 3.68. The minimum absolute atomic E-state index is 0.140. The van der Waals surface area contributed by atoms with Gasteiger partial charge in [-0.05, 0) is 32.4 Å². The first-order valence-corrected chi connectivity index (χ1v) is 7.11.